The van der Waals surface area contributed by atoms with Gasteiger partial charge in [0.05, 0.1) is 0 Å². The average Bonchev–Trinajstić information content (AvgIpc) is 2.60. The Hall–Kier alpha value is -1.58. The Balaban J connectivity index is 1.81. The Morgan fingerprint density at radius 2 is 1.84 bits per heavy atom. The van der Waals surface area contributed by atoms with E-state index in [9.17, 15) is 22.0 Å². The molecule has 3 N–H and O–H groups in total. The lowest BCUT2D eigenvalue weighted by Gasteiger charge is -2.31. The van der Waals surface area contributed by atoms with Gasteiger partial charge in [-0.05, 0) is 31.2 Å². The molecular weight excluding hydrogens is 352 g/mol. The van der Waals surface area contributed by atoms with E-state index in [1.807, 2.05) is 19.1 Å². The summed E-state index contributed by atoms with van der Waals surface area (Å²) in [5.41, 5.74) is 7.71. The predicted octanol–water partition coefficient (Wildman–Crippen LogP) is 1.38. The van der Waals surface area contributed by atoms with Crippen LogP contribution in [0.1, 0.15) is 30.0 Å². The minimum absolute atomic E-state index is 0.0389. The summed E-state index contributed by atoms with van der Waals surface area (Å²) in [5.74, 6) is -3.67. The molecule has 1 unspecified atom stereocenters. The number of hydrogen-bond acceptors (Lipinski definition) is 4. The molecule has 0 saturated carbocycles. The van der Waals surface area contributed by atoms with Crippen LogP contribution < -0.4 is 11.1 Å². The second kappa shape index (κ2) is 8.20. The molecule has 1 aliphatic rings. The van der Waals surface area contributed by atoms with Crippen molar-refractivity contribution in [3.8, 4) is 0 Å². The van der Waals surface area contributed by atoms with Crippen molar-refractivity contribution in [1.29, 1.82) is 0 Å². The number of halogens is 2. The van der Waals surface area contributed by atoms with Crippen LogP contribution >= 0.6 is 0 Å². The maximum Gasteiger partial charge on any atom is 0.350 e. The summed E-state index contributed by atoms with van der Waals surface area (Å²) in [5, 5.41) is 2.76. The summed E-state index contributed by atoms with van der Waals surface area (Å²) in [6.45, 7) is 2.37. The van der Waals surface area contributed by atoms with Crippen LogP contribution in [0.3, 0.4) is 0 Å². The van der Waals surface area contributed by atoms with E-state index < -0.39 is 21.8 Å². The fourth-order valence-corrected chi connectivity index (χ4v) is 3.71. The van der Waals surface area contributed by atoms with Gasteiger partial charge in [0.2, 0.25) is 5.91 Å². The fourth-order valence-electron chi connectivity index (χ4n) is 2.76. The normalized spacial score (nSPS) is 18.3. The number of rotatable bonds is 6. The average molecular weight is 375 g/mol. The van der Waals surface area contributed by atoms with Crippen molar-refractivity contribution >= 4 is 15.9 Å². The van der Waals surface area contributed by atoms with E-state index in [0.29, 0.717) is 24.9 Å². The first-order valence-corrected chi connectivity index (χ1v) is 9.59. The summed E-state index contributed by atoms with van der Waals surface area (Å²) in [6, 6.07) is 6.57. The third-order valence-corrected chi connectivity index (χ3v) is 5.98. The van der Waals surface area contributed by atoms with Crippen LogP contribution in [0.5, 0.6) is 0 Å². The van der Waals surface area contributed by atoms with E-state index in [1.54, 1.807) is 12.1 Å². The van der Waals surface area contributed by atoms with Gasteiger partial charge in [-0.1, -0.05) is 29.8 Å². The molecule has 6 nitrogen and oxygen atoms in total. The number of nitrogens with two attached hydrogens (primary N) is 1. The van der Waals surface area contributed by atoms with Gasteiger partial charge in [-0.25, -0.2) is 8.42 Å². The highest BCUT2D eigenvalue weighted by Gasteiger charge is 2.34. The number of piperidine rings is 1. The minimum atomic E-state index is -4.52. The van der Waals surface area contributed by atoms with E-state index >= 15 is 0 Å². The fraction of sp³-hybridized carbons (Fsp3) is 0.562. The van der Waals surface area contributed by atoms with Gasteiger partial charge in [0.1, 0.15) is 6.04 Å². The number of sulfonamides is 1. The van der Waals surface area contributed by atoms with Crippen LogP contribution in [-0.2, 0) is 14.8 Å². The van der Waals surface area contributed by atoms with E-state index in [-0.39, 0.29) is 24.9 Å². The zero-order valence-electron chi connectivity index (χ0n) is 14.0. The monoisotopic (exact) mass is 375 g/mol. The lowest BCUT2D eigenvalue weighted by atomic mass is 9.98. The van der Waals surface area contributed by atoms with Crippen LogP contribution in [-0.4, -0.2) is 44.0 Å². The number of carbonyl (C=O) groups excluding carboxylic acids is 1. The Kier molecular flexibility index (Phi) is 6.47. The van der Waals surface area contributed by atoms with Crippen LogP contribution in [0.25, 0.3) is 0 Å². The summed E-state index contributed by atoms with van der Waals surface area (Å²) in [4.78, 5) is 12.1. The molecule has 140 valence electrons. The molecule has 9 heteroatoms. The Morgan fingerprint density at radius 1 is 1.28 bits per heavy atom. The van der Waals surface area contributed by atoms with Gasteiger partial charge in [-0.15, -0.1) is 0 Å². The van der Waals surface area contributed by atoms with Gasteiger partial charge in [-0.2, -0.15) is 13.1 Å². The maximum absolute atomic E-state index is 12.5. The summed E-state index contributed by atoms with van der Waals surface area (Å²) >= 11 is 0. The molecule has 25 heavy (non-hydrogen) atoms. The second-order valence-corrected chi connectivity index (χ2v) is 8.18. The lowest BCUT2D eigenvalue weighted by Crippen LogP contribution is -2.44. The van der Waals surface area contributed by atoms with Crippen LogP contribution in [0.15, 0.2) is 24.3 Å². The summed E-state index contributed by atoms with van der Waals surface area (Å²) < 4.78 is 48.7. The molecule has 0 spiro atoms. The first-order valence-electron chi connectivity index (χ1n) is 8.08. The Labute approximate surface area is 146 Å². The van der Waals surface area contributed by atoms with E-state index in [0.717, 1.165) is 9.87 Å². The van der Waals surface area contributed by atoms with Crippen LogP contribution in [0, 0.1) is 12.8 Å². The molecule has 1 saturated heterocycles. The third kappa shape index (κ3) is 4.96. The zero-order chi connectivity index (χ0) is 18.6. The van der Waals surface area contributed by atoms with Gasteiger partial charge in [-0.3, -0.25) is 4.79 Å². The number of carbonyl (C=O) groups is 1. The molecule has 1 fully saturated rings. The molecule has 0 bridgehead atoms. The van der Waals surface area contributed by atoms with Gasteiger partial charge in [0, 0.05) is 19.6 Å². The van der Waals surface area contributed by atoms with Crippen molar-refractivity contribution in [2.45, 2.75) is 31.6 Å². The molecule has 1 aromatic rings. The molecule has 0 radical (unpaired) electrons. The summed E-state index contributed by atoms with van der Waals surface area (Å²) in [6.07, 6.45) is 0.845. The van der Waals surface area contributed by atoms with Crippen molar-refractivity contribution in [3.05, 3.63) is 35.4 Å². The topological polar surface area (TPSA) is 92.5 Å². The van der Waals surface area contributed by atoms with E-state index in [2.05, 4.69) is 5.32 Å². The molecule has 1 amide bonds. The summed E-state index contributed by atoms with van der Waals surface area (Å²) in [7, 11) is -4.52. The van der Waals surface area contributed by atoms with Crippen molar-refractivity contribution < 1.29 is 22.0 Å². The lowest BCUT2D eigenvalue weighted by molar-refractivity contribution is -0.122. The predicted molar refractivity (Wildman–Crippen MR) is 90.3 cm³/mol. The molecular formula is C16H23F2N3O3S. The van der Waals surface area contributed by atoms with E-state index in [1.165, 1.54) is 0 Å². The molecule has 2 rings (SSSR count). The molecule has 1 atom stereocenters. The van der Waals surface area contributed by atoms with Gasteiger partial charge in [0.25, 0.3) is 10.0 Å². The van der Waals surface area contributed by atoms with Crippen molar-refractivity contribution in [1.82, 2.24) is 9.62 Å². The number of aryl methyl sites for hydroxylation is 1. The number of benzene rings is 1. The highest BCUT2D eigenvalue weighted by Crippen LogP contribution is 2.22. The number of hydrogen-bond donors (Lipinski definition) is 2. The molecule has 0 aromatic heterocycles. The largest absolute Gasteiger partial charge is 0.354 e. The van der Waals surface area contributed by atoms with E-state index in [4.69, 9.17) is 5.73 Å². The third-order valence-electron chi connectivity index (χ3n) is 4.44. The number of nitrogens with zero attached hydrogens (tertiary/aromatic N) is 1. The second-order valence-electron chi connectivity index (χ2n) is 6.28. The molecule has 1 aromatic carbocycles. The smallest absolute Gasteiger partial charge is 0.350 e. The van der Waals surface area contributed by atoms with Crippen molar-refractivity contribution in [3.63, 3.8) is 0 Å². The quantitative estimate of drug-likeness (QED) is 0.786. The van der Waals surface area contributed by atoms with Crippen LogP contribution in [0.2, 0.25) is 0 Å². The standard InChI is InChI=1S/C16H23F2N3O3S/c1-11-2-4-13(5-3-11)14(19)15(22)20-10-12-6-8-21(9-7-12)25(23,24)16(17)18/h2-5,12,14,16H,6-10,19H2,1H3,(H,20,22). The van der Waals surface area contributed by atoms with Crippen molar-refractivity contribution in [2.24, 2.45) is 11.7 Å². The van der Waals surface area contributed by atoms with Gasteiger partial charge < -0.3 is 11.1 Å². The zero-order valence-corrected chi connectivity index (χ0v) is 14.8. The van der Waals surface area contributed by atoms with Crippen molar-refractivity contribution in [2.75, 3.05) is 19.6 Å². The number of alkyl halides is 2. The number of amides is 1. The first-order chi connectivity index (χ1) is 11.7. The van der Waals surface area contributed by atoms with Crippen LogP contribution in [0.4, 0.5) is 8.78 Å². The Morgan fingerprint density at radius 3 is 2.36 bits per heavy atom. The molecule has 0 aliphatic carbocycles. The maximum atomic E-state index is 12.5. The highest BCUT2D eigenvalue weighted by molar-refractivity contribution is 7.89. The SMILES string of the molecule is Cc1ccc(C(N)C(=O)NCC2CCN(S(=O)(=O)C(F)F)CC2)cc1. The molecule has 1 aliphatic heterocycles. The number of nitrogens with one attached hydrogen (secondary N) is 1. The van der Waals surface area contributed by atoms with Gasteiger partial charge in [0.15, 0.2) is 0 Å². The first kappa shape index (κ1) is 19.7. The Bertz CT molecular complexity index is 687. The highest BCUT2D eigenvalue weighted by atomic mass is 32.2. The molecule has 1 heterocycles. The minimum Gasteiger partial charge on any atom is -0.354 e. The van der Waals surface area contributed by atoms with Gasteiger partial charge >= 0.3 is 5.76 Å².